The maximum atomic E-state index is 12.5. The van der Waals surface area contributed by atoms with Crippen LogP contribution in [0.15, 0.2) is 60.7 Å². The van der Waals surface area contributed by atoms with Gasteiger partial charge in [0.15, 0.2) is 23.0 Å². The fourth-order valence-corrected chi connectivity index (χ4v) is 4.09. The van der Waals surface area contributed by atoms with Crippen LogP contribution in [0.5, 0.6) is 17.4 Å². The normalized spacial score (nSPS) is 17.2. The van der Waals surface area contributed by atoms with Gasteiger partial charge in [0.25, 0.3) is 0 Å². The highest BCUT2D eigenvalue weighted by molar-refractivity contribution is 5.82. The van der Waals surface area contributed by atoms with E-state index in [1.807, 2.05) is 42.5 Å². The number of amides is 1. The Hall–Kier alpha value is -4.22. The van der Waals surface area contributed by atoms with Crippen molar-refractivity contribution in [3.63, 3.8) is 0 Å². The maximum absolute atomic E-state index is 12.5. The predicted octanol–water partition coefficient (Wildman–Crippen LogP) is 1.91. The Morgan fingerprint density at radius 2 is 1.86 bits per heavy atom. The van der Waals surface area contributed by atoms with Crippen LogP contribution in [0.4, 0.5) is 0 Å². The van der Waals surface area contributed by atoms with E-state index in [0.717, 1.165) is 11.1 Å². The van der Waals surface area contributed by atoms with E-state index in [1.165, 1.54) is 0 Å². The van der Waals surface area contributed by atoms with Crippen LogP contribution in [-0.2, 0) is 4.79 Å². The SMILES string of the molecule is COc1ccc(-c2nnc3ccc(OCCNC(=O)C4CC(c5ccccc5)NN4)nn23)cc1OC. The van der Waals surface area contributed by atoms with Crippen LogP contribution in [0, 0.1) is 0 Å². The molecule has 11 heteroatoms. The molecule has 2 unspecified atom stereocenters. The summed E-state index contributed by atoms with van der Waals surface area (Å²) in [7, 11) is 3.16. The molecule has 0 saturated carbocycles. The molecule has 2 aromatic carbocycles. The molecule has 1 amide bonds. The average molecular weight is 490 g/mol. The number of fused-ring (bicyclic) bond motifs is 1. The molecule has 36 heavy (non-hydrogen) atoms. The molecular formula is C25H27N7O4. The maximum Gasteiger partial charge on any atom is 0.238 e. The highest BCUT2D eigenvalue weighted by Crippen LogP contribution is 2.31. The monoisotopic (exact) mass is 489 g/mol. The first kappa shape index (κ1) is 23.5. The predicted molar refractivity (Wildman–Crippen MR) is 132 cm³/mol. The zero-order valence-corrected chi connectivity index (χ0v) is 20.0. The third-order valence-electron chi connectivity index (χ3n) is 5.95. The molecular weight excluding hydrogens is 462 g/mol. The Bertz CT molecular complexity index is 1350. The van der Waals surface area contributed by atoms with Crippen LogP contribution in [-0.4, -0.2) is 59.1 Å². The van der Waals surface area contributed by atoms with E-state index in [1.54, 1.807) is 36.9 Å². The fourth-order valence-electron chi connectivity index (χ4n) is 4.09. The first-order chi connectivity index (χ1) is 17.7. The molecule has 4 aromatic rings. The Balaban J connectivity index is 1.17. The minimum Gasteiger partial charge on any atom is -0.493 e. The third kappa shape index (κ3) is 4.92. The van der Waals surface area contributed by atoms with Crippen molar-refractivity contribution in [1.29, 1.82) is 0 Å². The van der Waals surface area contributed by atoms with Crippen LogP contribution in [0.2, 0.25) is 0 Å². The molecule has 1 saturated heterocycles. The summed E-state index contributed by atoms with van der Waals surface area (Å²) < 4.78 is 18.1. The van der Waals surface area contributed by atoms with Crippen LogP contribution >= 0.6 is 0 Å². The molecule has 2 atom stereocenters. The Morgan fingerprint density at radius 3 is 2.67 bits per heavy atom. The summed E-state index contributed by atoms with van der Waals surface area (Å²) in [5, 5.41) is 15.9. The van der Waals surface area contributed by atoms with Gasteiger partial charge in [-0.05, 0) is 36.2 Å². The summed E-state index contributed by atoms with van der Waals surface area (Å²) in [5.41, 5.74) is 8.74. The lowest BCUT2D eigenvalue weighted by Gasteiger charge is -2.11. The highest BCUT2D eigenvalue weighted by Gasteiger charge is 2.29. The first-order valence-corrected chi connectivity index (χ1v) is 11.6. The zero-order valence-electron chi connectivity index (χ0n) is 20.0. The average Bonchev–Trinajstić information content (AvgIpc) is 3.59. The van der Waals surface area contributed by atoms with Gasteiger partial charge in [-0.3, -0.25) is 4.79 Å². The molecule has 11 nitrogen and oxygen atoms in total. The van der Waals surface area contributed by atoms with Crippen molar-refractivity contribution in [2.24, 2.45) is 0 Å². The van der Waals surface area contributed by atoms with Crippen LogP contribution < -0.4 is 30.4 Å². The topological polar surface area (TPSA) is 124 Å². The highest BCUT2D eigenvalue weighted by atomic mass is 16.5. The minimum atomic E-state index is -0.314. The smallest absolute Gasteiger partial charge is 0.238 e. The Labute approximate surface area is 207 Å². The molecule has 0 spiro atoms. The Kier molecular flexibility index (Phi) is 6.92. The van der Waals surface area contributed by atoms with E-state index < -0.39 is 0 Å². The molecule has 3 heterocycles. The number of hydrogen-bond acceptors (Lipinski definition) is 9. The fraction of sp³-hybridized carbons (Fsp3) is 0.280. The lowest BCUT2D eigenvalue weighted by atomic mass is 10.0. The lowest BCUT2D eigenvalue weighted by Crippen LogP contribution is -2.44. The molecule has 0 bridgehead atoms. The summed E-state index contributed by atoms with van der Waals surface area (Å²) in [6.45, 7) is 0.609. The molecule has 5 rings (SSSR count). The van der Waals surface area contributed by atoms with Crippen molar-refractivity contribution < 1.29 is 19.0 Å². The van der Waals surface area contributed by atoms with Crippen LogP contribution in [0.3, 0.4) is 0 Å². The number of rotatable bonds is 9. The van der Waals surface area contributed by atoms with Crippen molar-refractivity contribution in [3.05, 3.63) is 66.2 Å². The summed E-state index contributed by atoms with van der Waals surface area (Å²) in [6.07, 6.45) is 0.668. The first-order valence-electron chi connectivity index (χ1n) is 11.6. The number of nitrogens with one attached hydrogen (secondary N) is 3. The van der Waals surface area contributed by atoms with Gasteiger partial charge in [0.05, 0.1) is 20.8 Å². The quantitative estimate of drug-likeness (QED) is 0.303. The van der Waals surface area contributed by atoms with E-state index in [-0.39, 0.29) is 24.6 Å². The molecule has 1 aliphatic rings. The second kappa shape index (κ2) is 10.6. The van der Waals surface area contributed by atoms with E-state index in [9.17, 15) is 4.79 Å². The zero-order chi connectivity index (χ0) is 24.9. The lowest BCUT2D eigenvalue weighted by molar-refractivity contribution is -0.123. The number of ether oxygens (including phenoxy) is 3. The summed E-state index contributed by atoms with van der Waals surface area (Å²) >= 11 is 0. The molecule has 0 radical (unpaired) electrons. The number of carbonyl (C=O) groups excluding carboxylic acids is 1. The second-order valence-electron chi connectivity index (χ2n) is 8.21. The molecule has 2 aromatic heterocycles. The standard InChI is InChI=1S/C25H27N7O4/c1-34-20-9-8-17(14-21(20)35-2)24-30-29-22-10-11-23(31-32(22)24)36-13-12-26-25(33)19-15-18(27-28-19)16-6-4-3-5-7-16/h3-11,14,18-19,27-28H,12-13,15H2,1-2H3,(H,26,33). The number of hydrazine groups is 1. The van der Waals surface area contributed by atoms with Gasteiger partial charge in [0.2, 0.25) is 11.8 Å². The van der Waals surface area contributed by atoms with Crippen LogP contribution in [0.25, 0.3) is 17.0 Å². The van der Waals surface area contributed by atoms with Gasteiger partial charge >= 0.3 is 0 Å². The van der Waals surface area contributed by atoms with Gasteiger partial charge in [-0.1, -0.05) is 30.3 Å². The van der Waals surface area contributed by atoms with Gasteiger partial charge in [-0.25, -0.2) is 10.9 Å². The van der Waals surface area contributed by atoms with Crippen molar-refractivity contribution in [2.45, 2.75) is 18.5 Å². The second-order valence-corrected chi connectivity index (χ2v) is 8.21. The number of benzene rings is 2. The van der Waals surface area contributed by atoms with Gasteiger partial charge in [0.1, 0.15) is 12.6 Å². The van der Waals surface area contributed by atoms with Gasteiger partial charge < -0.3 is 19.5 Å². The van der Waals surface area contributed by atoms with Crippen molar-refractivity contribution in [1.82, 2.24) is 36.0 Å². The van der Waals surface area contributed by atoms with E-state index in [0.29, 0.717) is 41.8 Å². The van der Waals surface area contributed by atoms with E-state index >= 15 is 0 Å². The van der Waals surface area contributed by atoms with Crippen molar-refractivity contribution >= 4 is 11.6 Å². The number of nitrogens with zero attached hydrogens (tertiary/aromatic N) is 4. The van der Waals surface area contributed by atoms with Crippen LogP contribution in [0.1, 0.15) is 18.0 Å². The molecule has 1 aliphatic heterocycles. The summed E-state index contributed by atoms with van der Waals surface area (Å²) in [5.74, 6) is 2.05. The summed E-state index contributed by atoms with van der Waals surface area (Å²) in [4.78, 5) is 12.5. The third-order valence-corrected chi connectivity index (χ3v) is 5.95. The molecule has 1 fully saturated rings. The van der Waals surface area contributed by atoms with Crippen molar-refractivity contribution in [3.8, 4) is 28.8 Å². The van der Waals surface area contributed by atoms with Gasteiger partial charge in [-0.2, -0.15) is 4.52 Å². The minimum absolute atomic E-state index is 0.0810. The summed E-state index contributed by atoms with van der Waals surface area (Å²) in [6, 6.07) is 18.8. The van der Waals surface area contributed by atoms with E-state index in [4.69, 9.17) is 14.2 Å². The molecule has 0 aliphatic carbocycles. The Morgan fingerprint density at radius 1 is 1.03 bits per heavy atom. The number of carbonyl (C=O) groups is 1. The number of aromatic nitrogens is 4. The number of hydrogen-bond donors (Lipinski definition) is 3. The molecule has 3 N–H and O–H groups in total. The van der Waals surface area contributed by atoms with E-state index in [2.05, 4.69) is 31.5 Å². The van der Waals surface area contributed by atoms with Gasteiger partial charge in [-0.15, -0.1) is 15.3 Å². The number of methoxy groups -OCH3 is 2. The largest absolute Gasteiger partial charge is 0.493 e. The molecule has 186 valence electrons. The van der Waals surface area contributed by atoms with Gasteiger partial charge in [0, 0.05) is 17.7 Å². The van der Waals surface area contributed by atoms with Crippen molar-refractivity contribution in [2.75, 3.05) is 27.4 Å².